The molecule has 0 radical (unpaired) electrons. The molecule has 0 fully saturated rings. The van der Waals surface area contributed by atoms with E-state index in [9.17, 15) is 10.1 Å². The Kier molecular flexibility index (Phi) is 3.93. The Morgan fingerprint density at radius 1 is 1.47 bits per heavy atom. The second-order valence-corrected chi connectivity index (χ2v) is 3.11. The summed E-state index contributed by atoms with van der Waals surface area (Å²) >= 11 is 4.80. The van der Waals surface area contributed by atoms with Gasteiger partial charge in [-0.25, -0.2) is 0 Å². The molecule has 0 amide bonds. The van der Waals surface area contributed by atoms with E-state index < -0.39 is 4.92 Å². The number of hydrogen-bond acceptors (Lipinski definition) is 4. The van der Waals surface area contributed by atoms with Crippen molar-refractivity contribution in [2.75, 3.05) is 7.11 Å². The van der Waals surface area contributed by atoms with E-state index in [-0.39, 0.29) is 5.69 Å². The third kappa shape index (κ3) is 3.47. The SMILES string of the molecule is COC(=S)/C=C/c1ccc([N+](=O)[O-])cc1. The van der Waals surface area contributed by atoms with E-state index in [1.165, 1.54) is 19.2 Å². The molecule has 0 saturated heterocycles. The lowest BCUT2D eigenvalue weighted by molar-refractivity contribution is -0.384. The molecule has 5 heteroatoms. The van der Waals surface area contributed by atoms with Gasteiger partial charge in [-0.05, 0) is 36.0 Å². The van der Waals surface area contributed by atoms with Crippen LogP contribution in [0, 0.1) is 10.1 Å². The number of nitro benzene ring substituents is 1. The van der Waals surface area contributed by atoms with Gasteiger partial charge in [0.25, 0.3) is 5.69 Å². The van der Waals surface area contributed by atoms with Crippen LogP contribution in [0.3, 0.4) is 0 Å². The van der Waals surface area contributed by atoms with Crippen molar-refractivity contribution < 1.29 is 9.66 Å². The zero-order valence-corrected chi connectivity index (χ0v) is 8.86. The van der Waals surface area contributed by atoms with Gasteiger partial charge in [0.1, 0.15) is 0 Å². The van der Waals surface area contributed by atoms with Crippen LogP contribution in [0.2, 0.25) is 0 Å². The fourth-order valence-corrected chi connectivity index (χ4v) is 1.01. The van der Waals surface area contributed by atoms with Crippen LogP contribution in [-0.4, -0.2) is 17.1 Å². The Labute approximate surface area is 92.3 Å². The fraction of sp³-hybridized carbons (Fsp3) is 0.100. The van der Waals surface area contributed by atoms with Crippen molar-refractivity contribution in [1.82, 2.24) is 0 Å². The first-order valence-electron chi connectivity index (χ1n) is 4.14. The molecule has 0 aliphatic rings. The number of ether oxygens (including phenoxy) is 1. The zero-order valence-electron chi connectivity index (χ0n) is 8.04. The Morgan fingerprint density at radius 3 is 2.53 bits per heavy atom. The van der Waals surface area contributed by atoms with Crippen molar-refractivity contribution in [1.29, 1.82) is 0 Å². The predicted molar refractivity (Wildman–Crippen MR) is 61.7 cm³/mol. The monoisotopic (exact) mass is 223 g/mol. The first kappa shape index (κ1) is 11.3. The molecule has 0 bridgehead atoms. The minimum atomic E-state index is -0.437. The Morgan fingerprint density at radius 2 is 2.07 bits per heavy atom. The number of hydrogen-bond donors (Lipinski definition) is 0. The molecule has 78 valence electrons. The normalized spacial score (nSPS) is 10.2. The summed E-state index contributed by atoms with van der Waals surface area (Å²) in [6.07, 6.45) is 3.35. The molecule has 0 aromatic heterocycles. The zero-order chi connectivity index (χ0) is 11.3. The Hall–Kier alpha value is -1.75. The number of thiocarbonyl (C=S) groups is 1. The topological polar surface area (TPSA) is 52.4 Å². The molecule has 1 aromatic rings. The lowest BCUT2D eigenvalue weighted by atomic mass is 10.2. The molecule has 0 aliphatic heterocycles. The standard InChI is InChI=1S/C10H9NO3S/c1-14-10(15)7-4-8-2-5-9(6-3-8)11(12)13/h2-7H,1H3/b7-4+. The van der Waals surface area contributed by atoms with Crippen molar-refractivity contribution in [2.24, 2.45) is 0 Å². The van der Waals surface area contributed by atoms with E-state index >= 15 is 0 Å². The maximum absolute atomic E-state index is 10.4. The third-order valence-corrected chi connectivity index (χ3v) is 2.02. The van der Waals surface area contributed by atoms with Crippen molar-refractivity contribution in [3.63, 3.8) is 0 Å². The van der Waals surface area contributed by atoms with Gasteiger partial charge in [-0.3, -0.25) is 10.1 Å². The summed E-state index contributed by atoms with van der Waals surface area (Å²) in [6, 6.07) is 6.17. The highest BCUT2D eigenvalue weighted by Gasteiger charge is 2.01. The average molecular weight is 223 g/mol. The fourth-order valence-electron chi connectivity index (χ4n) is 0.939. The van der Waals surface area contributed by atoms with Crippen LogP contribution in [-0.2, 0) is 4.74 Å². The summed E-state index contributed by atoms with van der Waals surface area (Å²) in [6.45, 7) is 0. The van der Waals surface area contributed by atoms with Crippen LogP contribution in [0.1, 0.15) is 5.56 Å². The molecule has 0 spiro atoms. The number of nitro groups is 1. The quantitative estimate of drug-likeness (QED) is 0.342. The van der Waals surface area contributed by atoms with Crippen LogP contribution in [0.4, 0.5) is 5.69 Å². The highest BCUT2D eigenvalue weighted by Crippen LogP contribution is 2.12. The Bertz CT molecular complexity index is 398. The number of non-ortho nitro benzene ring substituents is 1. The van der Waals surface area contributed by atoms with Gasteiger partial charge in [-0.2, -0.15) is 0 Å². The molecular formula is C10H9NO3S. The highest BCUT2D eigenvalue weighted by molar-refractivity contribution is 7.80. The van der Waals surface area contributed by atoms with Crippen LogP contribution in [0.15, 0.2) is 30.3 Å². The van der Waals surface area contributed by atoms with Crippen LogP contribution in [0.25, 0.3) is 6.08 Å². The van der Waals surface area contributed by atoms with E-state index in [0.29, 0.717) is 5.05 Å². The maximum atomic E-state index is 10.4. The van der Waals surface area contributed by atoms with Gasteiger partial charge in [0.15, 0.2) is 5.05 Å². The van der Waals surface area contributed by atoms with E-state index in [1.54, 1.807) is 24.3 Å². The minimum absolute atomic E-state index is 0.0708. The Balaban J connectivity index is 2.77. The number of benzene rings is 1. The minimum Gasteiger partial charge on any atom is -0.487 e. The molecule has 0 atom stereocenters. The van der Waals surface area contributed by atoms with Gasteiger partial charge in [-0.1, -0.05) is 6.08 Å². The lowest BCUT2D eigenvalue weighted by Crippen LogP contribution is -1.90. The summed E-state index contributed by atoms with van der Waals surface area (Å²) in [7, 11) is 1.49. The van der Waals surface area contributed by atoms with Crippen LogP contribution >= 0.6 is 12.2 Å². The van der Waals surface area contributed by atoms with E-state index in [2.05, 4.69) is 0 Å². The highest BCUT2D eigenvalue weighted by atomic mass is 32.1. The third-order valence-electron chi connectivity index (χ3n) is 1.72. The van der Waals surface area contributed by atoms with Crippen LogP contribution in [0.5, 0.6) is 0 Å². The molecule has 4 nitrogen and oxygen atoms in total. The largest absolute Gasteiger partial charge is 0.487 e. The number of nitrogens with zero attached hydrogens (tertiary/aromatic N) is 1. The lowest BCUT2D eigenvalue weighted by Gasteiger charge is -1.95. The molecular weight excluding hydrogens is 214 g/mol. The summed E-state index contributed by atoms with van der Waals surface area (Å²) in [5.74, 6) is 0. The first-order chi connectivity index (χ1) is 7.13. The molecule has 0 heterocycles. The smallest absolute Gasteiger partial charge is 0.269 e. The molecule has 0 saturated carbocycles. The molecule has 1 rings (SSSR count). The molecule has 0 N–H and O–H groups in total. The van der Waals surface area contributed by atoms with Gasteiger partial charge < -0.3 is 4.74 Å². The van der Waals surface area contributed by atoms with Crippen molar-refractivity contribution in [3.05, 3.63) is 46.0 Å². The van der Waals surface area contributed by atoms with Gasteiger partial charge in [-0.15, -0.1) is 0 Å². The second kappa shape index (κ2) is 5.21. The molecule has 0 unspecified atom stereocenters. The molecule has 0 aliphatic carbocycles. The molecule has 1 aromatic carbocycles. The van der Waals surface area contributed by atoms with Gasteiger partial charge in [0, 0.05) is 12.1 Å². The van der Waals surface area contributed by atoms with Crippen molar-refractivity contribution in [2.45, 2.75) is 0 Å². The summed E-state index contributed by atoms with van der Waals surface area (Å²) in [5.41, 5.74) is 0.904. The van der Waals surface area contributed by atoms with Gasteiger partial charge in [0.05, 0.1) is 12.0 Å². The maximum Gasteiger partial charge on any atom is 0.269 e. The first-order valence-corrected chi connectivity index (χ1v) is 4.55. The van der Waals surface area contributed by atoms with Crippen LogP contribution < -0.4 is 0 Å². The van der Waals surface area contributed by atoms with Crippen molar-refractivity contribution >= 4 is 29.0 Å². The van der Waals surface area contributed by atoms with E-state index in [4.69, 9.17) is 17.0 Å². The number of methoxy groups -OCH3 is 1. The molecule has 15 heavy (non-hydrogen) atoms. The van der Waals surface area contributed by atoms with Gasteiger partial charge in [0.2, 0.25) is 0 Å². The van der Waals surface area contributed by atoms with E-state index in [0.717, 1.165) is 5.56 Å². The van der Waals surface area contributed by atoms with E-state index in [1.807, 2.05) is 0 Å². The summed E-state index contributed by atoms with van der Waals surface area (Å²) in [4.78, 5) is 9.93. The summed E-state index contributed by atoms with van der Waals surface area (Å²) in [5, 5.41) is 10.7. The predicted octanol–water partition coefficient (Wildman–Crippen LogP) is 2.58. The second-order valence-electron chi connectivity index (χ2n) is 2.71. The van der Waals surface area contributed by atoms with Gasteiger partial charge >= 0.3 is 0 Å². The average Bonchev–Trinajstić information content (AvgIpc) is 2.26. The summed E-state index contributed by atoms with van der Waals surface area (Å²) < 4.78 is 4.77. The van der Waals surface area contributed by atoms with Crippen molar-refractivity contribution in [3.8, 4) is 0 Å². The number of rotatable bonds is 3.